The second-order valence-electron chi connectivity index (χ2n) is 5.01. The Labute approximate surface area is 123 Å². The van der Waals surface area contributed by atoms with Crippen LogP contribution in [0, 0.1) is 0 Å². The first-order valence-electron chi connectivity index (χ1n) is 6.65. The molecule has 2 aromatic rings. The molecule has 0 aliphatic rings. The van der Waals surface area contributed by atoms with Gasteiger partial charge in [-0.1, -0.05) is 12.1 Å². The number of hydrogen-bond acceptors (Lipinski definition) is 5. The maximum Gasteiger partial charge on any atom is 0.268 e. The van der Waals surface area contributed by atoms with Crippen molar-refractivity contribution in [1.82, 2.24) is 9.78 Å². The van der Waals surface area contributed by atoms with E-state index in [2.05, 4.69) is 5.10 Å². The lowest BCUT2D eigenvalue weighted by atomic mass is 10.1. The molecule has 0 saturated carbocycles. The molecule has 1 heterocycles. The summed E-state index contributed by atoms with van der Waals surface area (Å²) in [6.07, 6.45) is 1.65. The predicted molar refractivity (Wildman–Crippen MR) is 82.7 cm³/mol. The Hall–Kier alpha value is -2.34. The molecule has 0 saturated heterocycles. The fourth-order valence-electron chi connectivity index (χ4n) is 1.95. The topological polar surface area (TPSA) is 73.4 Å². The van der Waals surface area contributed by atoms with E-state index in [1.165, 1.54) is 4.68 Å². The Bertz CT molecular complexity index is 649. The van der Waals surface area contributed by atoms with Crippen LogP contribution in [0.2, 0.25) is 0 Å². The van der Waals surface area contributed by atoms with Crippen LogP contribution >= 0.6 is 0 Å². The van der Waals surface area contributed by atoms with Gasteiger partial charge in [-0.3, -0.25) is 4.79 Å². The average molecular weight is 288 g/mol. The van der Waals surface area contributed by atoms with Crippen molar-refractivity contribution in [2.24, 2.45) is 5.73 Å². The second-order valence-corrected chi connectivity index (χ2v) is 5.01. The lowest BCUT2D eigenvalue weighted by Crippen LogP contribution is -2.29. The third-order valence-electron chi connectivity index (χ3n) is 3.29. The molecule has 1 unspecified atom stereocenters. The van der Waals surface area contributed by atoms with Crippen LogP contribution in [0.1, 0.15) is 11.6 Å². The quantitative estimate of drug-likeness (QED) is 0.889. The fourth-order valence-corrected chi connectivity index (χ4v) is 1.95. The number of nitrogens with two attached hydrogens (primary N) is 1. The number of ether oxygens (including phenoxy) is 1. The van der Waals surface area contributed by atoms with Gasteiger partial charge in [-0.25, -0.2) is 4.68 Å². The molecule has 0 radical (unpaired) electrons. The summed E-state index contributed by atoms with van der Waals surface area (Å²) >= 11 is 0. The molecule has 0 bridgehead atoms. The van der Waals surface area contributed by atoms with Gasteiger partial charge in [0, 0.05) is 26.2 Å². The van der Waals surface area contributed by atoms with Gasteiger partial charge in [-0.15, -0.1) is 0 Å². The molecule has 2 N–H and O–H groups in total. The van der Waals surface area contributed by atoms with Crippen LogP contribution in [0.15, 0.2) is 41.3 Å². The first-order valence-corrected chi connectivity index (χ1v) is 6.65. The standard InChI is InChI=1S/C15H20N4O2/c1-18(2)12-8-15(20)19(17-9-12)10-14(16)11-4-6-13(21-3)7-5-11/h4-9,14H,10,16H2,1-3H3. The highest BCUT2D eigenvalue weighted by Crippen LogP contribution is 2.17. The maximum absolute atomic E-state index is 12.0. The summed E-state index contributed by atoms with van der Waals surface area (Å²) in [5.74, 6) is 0.775. The van der Waals surface area contributed by atoms with E-state index in [-0.39, 0.29) is 11.6 Å². The van der Waals surface area contributed by atoms with E-state index in [9.17, 15) is 4.79 Å². The largest absolute Gasteiger partial charge is 0.497 e. The number of benzene rings is 1. The second kappa shape index (κ2) is 6.41. The number of rotatable bonds is 5. The smallest absolute Gasteiger partial charge is 0.268 e. The lowest BCUT2D eigenvalue weighted by molar-refractivity contribution is 0.414. The van der Waals surface area contributed by atoms with Gasteiger partial charge >= 0.3 is 0 Å². The van der Waals surface area contributed by atoms with Crippen LogP contribution < -0.4 is 20.9 Å². The van der Waals surface area contributed by atoms with Crippen molar-refractivity contribution in [3.8, 4) is 5.75 Å². The molecule has 1 aromatic carbocycles. The predicted octanol–water partition coefficient (Wildman–Crippen LogP) is 1.02. The molecule has 0 aliphatic carbocycles. The van der Waals surface area contributed by atoms with Crippen LogP contribution in [0.5, 0.6) is 5.75 Å². The number of aromatic nitrogens is 2. The van der Waals surface area contributed by atoms with Gasteiger partial charge in [-0.2, -0.15) is 5.10 Å². The molecule has 0 aliphatic heterocycles. The Morgan fingerprint density at radius 3 is 2.52 bits per heavy atom. The van der Waals surface area contributed by atoms with Crippen molar-refractivity contribution in [2.45, 2.75) is 12.6 Å². The molecule has 112 valence electrons. The van der Waals surface area contributed by atoms with Gasteiger partial charge in [-0.05, 0) is 17.7 Å². The monoisotopic (exact) mass is 288 g/mol. The van der Waals surface area contributed by atoms with Crippen molar-refractivity contribution in [1.29, 1.82) is 0 Å². The van der Waals surface area contributed by atoms with E-state index in [1.807, 2.05) is 43.3 Å². The number of nitrogens with zero attached hydrogens (tertiary/aromatic N) is 3. The summed E-state index contributed by atoms with van der Waals surface area (Å²) in [6.45, 7) is 0.332. The fraction of sp³-hybridized carbons (Fsp3) is 0.333. The van der Waals surface area contributed by atoms with E-state index < -0.39 is 0 Å². The number of methoxy groups -OCH3 is 1. The third kappa shape index (κ3) is 3.61. The Morgan fingerprint density at radius 2 is 2.00 bits per heavy atom. The van der Waals surface area contributed by atoms with Gasteiger partial charge in [0.2, 0.25) is 0 Å². The highest BCUT2D eigenvalue weighted by atomic mass is 16.5. The van der Waals surface area contributed by atoms with Crippen molar-refractivity contribution in [3.63, 3.8) is 0 Å². The molecule has 6 heteroatoms. The van der Waals surface area contributed by atoms with E-state index in [4.69, 9.17) is 10.5 Å². The summed E-state index contributed by atoms with van der Waals surface area (Å²) in [5.41, 5.74) is 7.68. The minimum atomic E-state index is -0.300. The van der Waals surface area contributed by atoms with Crippen molar-refractivity contribution >= 4 is 5.69 Å². The molecule has 0 fully saturated rings. The van der Waals surface area contributed by atoms with Crippen molar-refractivity contribution in [2.75, 3.05) is 26.1 Å². The Kier molecular flexibility index (Phi) is 4.59. The van der Waals surface area contributed by atoms with Crippen LogP contribution in [0.3, 0.4) is 0 Å². The van der Waals surface area contributed by atoms with Crippen LogP contribution in [0.25, 0.3) is 0 Å². The van der Waals surface area contributed by atoms with Crippen LogP contribution in [0.4, 0.5) is 5.69 Å². The van der Waals surface area contributed by atoms with Crippen LogP contribution in [-0.4, -0.2) is 31.0 Å². The summed E-state index contributed by atoms with van der Waals surface area (Å²) < 4.78 is 6.49. The SMILES string of the molecule is COc1ccc(C(N)Cn2ncc(N(C)C)cc2=O)cc1. The number of hydrogen-bond donors (Lipinski definition) is 1. The van der Waals surface area contributed by atoms with Crippen LogP contribution in [-0.2, 0) is 6.54 Å². The minimum absolute atomic E-state index is 0.162. The highest BCUT2D eigenvalue weighted by Gasteiger charge is 2.10. The molecular formula is C15H20N4O2. The third-order valence-corrected chi connectivity index (χ3v) is 3.29. The summed E-state index contributed by atoms with van der Waals surface area (Å²) in [5, 5.41) is 4.16. The Balaban J connectivity index is 2.15. The van der Waals surface area contributed by atoms with E-state index in [0.29, 0.717) is 6.54 Å². The zero-order chi connectivity index (χ0) is 15.4. The molecular weight excluding hydrogens is 268 g/mol. The zero-order valence-electron chi connectivity index (χ0n) is 12.5. The van der Waals surface area contributed by atoms with E-state index in [0.717, 1.165) is 17.0 Å². The molecule has 1 atom stereocenters. The summed E-state index contributed by atoms with van der Waals surface area (Å²) in [4.78, 5) is 13.8. The van der Waals surface area contributed by atoms with Gasteiger partial charge < -0.3 is 15.4 Å². The molecule has 2 rings (SSSR count). The first kappa shape index (κ1) is 15.1. The van der Waals surface area contributed by atoms with E-state index in [1.54, 1.807) is 19.4 Å². The highest BCUT2D eigenvalue weighted by molar-refractivity contribution is 5.40. The minimum Gasteiger partial charge on any atom is -0.497 e. The van der Waals surface area contributed by atoms with Crippen molar-refractivity contribution in [3.05, 3.63) is 52.4 Å². The first-order chi connectivity index (χ1) is 10.0. The molecule has 6 nitrogen and oxygen atoms in total. The molecule has 1 aromatic heterocycles. The molecule has 21 heavy (non-hydrogen) atoms. The normalized spacial score (nSPS) is 12.0. The maximum atomic E-state index is 12.0. The van der Waals surface area contributed by atoms with E-state index >= 15 is 0 Å². The van der Waals surface area contributed by atoms with Gasteiger partial charge in [0.15, 0.2) is 0 Å². The number of anilines is 1. The summed E-state index contributed by atoms with van der Waals surface area (Å²) in [6, 6.07) is 8.73. The van der Waals surface area contributed by atoms with Gasteiger partial charge in [0.1, 0.15) is 5.75 Å². The van der Waals surface area contributed by atoms with Gasteiger partial charge in [0.05, 0.1) is 25.5 Å². The Morgan fingerprint density at radius 1 is 1.33 bits per heavy atom. The summed E-state index contributed by atoms with van der Waals surface area (Å²) in [7, 11) is 5.35. The average Bonchev–Trinajstić information content (AvgIpc) is 2.49. The van der Waals surface area contributed by atoms with Gasteiger partial charge in [0.25, 0.3) is 5.56 Å². The zero-order valence-corrected chi connectivity index (χ0v) is 12.5. The molecule has 0 spiro atoms. The lowest BCUT2D eigenvalue weighted by Gasteiger charge is -2.15. The van der Waals surface area contributed by atoms with Crippen molar-refractivity contribution < 1.29 is 4.74 Å². The molecule has 0 amide bonds.